The molecule has 0 aliphatic carbocycles. The zero-order chi connectivity index (χ0) is 14.4. The normalized spacial score (nSPS) is 9.95. The lowest BCUT2D eigenvalue weighted by Crippen LogP contribution is -2.01. The van der Waals surface area contributed by atoms with Crippen LogP contribution in [0.1, 0.15) is 0 Å². The Morgan fingerprint density at radius 3 is 2.79 bits per heavy atom. The molecular weight excluding hydrogens is 254 g/mol. The van der Waals surface area contributed by atoms with E-state index < -0.39 is 16.5 Å². The molecular formula is C11H9N3O5. The third-order valence-corrected chi connectivity index (χ3v) is 2.07. The summed E-state index contributed by atoms with van der Waals surface area (Å²) in [5.74, 6) is 0.406. The molecule has 0 heterocycles. The maximum Gasteiger partial charge on any atom is 0.346 e. The van der Waals surface area contributed by atoms with Crippen molar-refractivity contribution in [2.45, 2.75) is 0 Å². The fourth-order valence-corrected chi connectivity index (χ4v) is 1.18. The summed E-state index contributed by atoms with van der Waals surface area (Å²) in [5, 5.41) is 26.1. The number of carboxylic acids is 1. The van der Waals surface area contributed by atoms with Crippen molar-refractivity contribution in [1.29, 1.82) is 5.41 Å². The molecule has 0 aliphatic heterocycles. The van der Waals surface area contributed by atoms with Crippen LogP contribution in [0.4, 0.5) is 11.4 Å². The SMILES string of the molecule is COc1ccc(N=CC(=C=N)C(=O)O)cc1[N+](=O)[O-]. The molecule has 0 saturated heterocycles. The van der Waals surface area contributed by atoms with Crippen LogP contribution in [0.3, 0.4) is 0 Å². The summed E-state index contributed by atoms with van der Waals surface area (Å²) in [6.07, 6.45) is 0.890. The zero-order valence-electron chi connectivity index (χ0n) is 9.78. The number of nitrogens with zero attached hydrogens (tertiary/aromatic N) is 2. The highest BCUT2D eigenvalue weighted by atomic mass is 16.6. The third-order valence-electron chi connectivity index (χ3n) is 2.07. The molecule has 0 bridgehead atoms. The quantitative estimate of drug-likeness (QED) is 0.361. The molecule has 2 N–H and O–H groups in total. The van der Waals surface area contributed by atoms with E-state index in [0.29, 0.717) is 0 Å². The first kappa shape index (κ1) is 14.1. The Morgan fingerprint density at radius 1 is 1.63 bits per heavy atom. The van der Waals surface area contributed by atoms with Gasteiger partial charge in [0.05, 0.1) is 23.9 Å². The summed E-state index contributed by atoms with van der Waals surface area (Å²) in [5.41, 5.74) is -0.576. The van der Waals surface area contributed by atoms with Gasteiger partial charge in [0, 0.05) is 6.07 Å². The number of aliphatic imine (C=N–C) groups is 1. The molecule has 0 unspecified atom stereocenters. The molecule has 0 spiro atoms. The Kier molecular flexibility index (Phi) is 4.50. The van der Waals surface area contributed by atoms with Crippen molar-refractivity contribution in [3.8, 4) is 5.75 Å². The summed E-state index contributed by atoms with van der Waals surface area (Å²) < 4.78 is 4.81. The second-order valence-corrected chi connectivity index (χ2v) is 3.22. The number of benzene rings is 1. The van der Waals surface area contributed by atoms with Crippen LogP contribution in [-0.2, 0) is 4.79 Å². The number of ether oxygens (including phenoxy) is 1. The van der Waals surface area contributed by atoms with Crippen LogP contribution in [0.15, 0.2) is 28.8 Å². The molecule has 0 aromatic heterocycles. The minimum Gasteiger partial charge on any atom is -0.490 e. The van der Waals surface area contributed by atoms with E-state index in [1.54, 1.807) is 5.87 Å². The third kappa shape index (κ3) is 3.48. The minimum atomic E-state index is -1.36. The van der Waals surface area contributed by atoms with Crippen LogP contribution in [0.2, 0.25) is 0 Å². The predicted octanol–water partition coefficient (Wildman–Crippen LogP) is 1.57. The van der Waals surface area contributed by atoms with Gasteiger partial charge in [-0.1, -0.05) is 0 Å². The Balaban J connectivity index is 3.14. The highest BCUT2D eigenvalue weighted by Gasteiger charge is 2.14. The van der Waals surface area contributed by atoms with Crippen molar-refractivity contribution in [1.82, 2.24) is 0 Å². The van der Waals surface area contributed by atoms with Crippen molar-refractivity contribution < 1.29 is 19.6 Å². The summed E-state index contributed by atoms with van der Waals surface area (Å²) in [7, 11) is 1.30. The Bertz CT molecular complexity index is 602. The van der Waals surface area contributed by atoms with Crippen LogP contribution >= 0.6 is 0 Å². The number of hydrogen-bond donors (Lipinski definition) is 2. The van der Waals surface area contributed by atoms with Gasteiger partial charge in [0.2, 0.25) is 0 Å². The van der Waals surface area contributed by atoms with Gasteiger partial charge in [0.1, 0.15) is 5.57 Å². The van der Waals surface area contributed by atoms with E-state index in [0.717, 1.165) is 12.3 Å². The molecule has 0 amide bonds. The van der Waals surface area contributed by atoms with E-state index in [1.807, 2.05) is 0 Å². The Hall–Kier alpha value is -2.99. The molecule has 1 aromatic carbocycles. The zero-order valence-corrected chi connectivity index (χ0v) is 9.78. The Labute approximate surface area is 107 Å². The van der Waals surface area contributed by atoms with Crippen LogP contribution in [0.5, 0.6) is 5.75 Å². The van der Waals surface area contributed by atoms with E-state index in [1.165, 1.54) is 19.2 Å². The molecule has 8 nitrogen and oxygen atoms in total. The largest absolute Gasteiger partial charge is 0.490 e. The van der Waals surface area contributed by atoms with Crippen LogP contribution < -0.4 is 4.74 Å². The number of aliphatic carboxylic acids is 1. The van der Waals surface area contributed by atoms with Gasteiger partial charge >= 0.3 is 11.7 Å². The van der Waals surface area contributed by atoms with Gasteiger partial charge in [0.15, 0.2) is 5.75 Å². The van der Waals surface area contributed by atoms with Crippen molar-refractivity contribution in [2.24, 2.45) is 4.99 Å². The van der Waals surface area contributed by atoms with Crippen LogP contribution in [0, 0.1) is 15.5 Å². The minimum absolute atomic E-state index is 0.0741. The maximum atomic E-state index is 10.8. The highest BCUT2D eigenvalue weighted by molar-refractivity contribution is 6.16. The number of hydrogen-bond acceptors (Lipinski definition) is 6. The summed E-state index contributed by atoms with van der Waals surface area (Å²) in [4.78, 5) is 24.5. The molecule has 0 saturated carbocycles. The molecule has 8 heteroatoms. The number of nitrogens with one attached hydrogen (secondary N) is 1. The molecule has 98 valence electrons. The summed E-state index contributed by atoms with van der Waals surface area (Å²) >= 11 is 0. The second kappa shape index (κ2) is 6.08. The fraction of sp³-hybridized carbons (Fsp3) is 0.0909. The lowest BCUT2D eigenvalue weighted by atomic mass is 10.2. The number of nitro benzene ring substituents is 1. The van der Waals surface area contributed by atoms with Gasteiger partial charge in [-0.3, -0.25) is 20.5 Å². The van der Waals surface area contributed by atoms with Crippen molar-refractivity contribution in [3.05, 3.63) is 33.9 Å². The molecule has 0 atom stereocenters. The predicted molar refractivity (Wildman–Crippen MR) is 66.7 cm³/mol. The molecule has 0 aliphatic rings. The van der Waals surface area contributed by atoms with Gasteiger partial charge in [-0.05, 0) is 18.0 Å². The number of carboxylic acid groups (broad SMARTS) is 1. The van der Waals surface area contributed by atoms with E-state index in [4.69, 9.17) is 15.3 Å². The Morgan fingerprint density at radius 2 is 2.32 bits per heavy atom. The first-order valence-electron chi connectivity index (χ1n) is 4.89. The number of rotatable bonds is 5. The topological polar surface area (TPSA) is 126 Å². The standard InChI is InChI=1S/C11H9N3O5/c1-19-10-3-2-8(4-9(10)14(17)18)13-6-7(5-12)11(15)16/h2-4,6,12H,1H3,(H,15,16). The van der Waals surface area contributed by atoms with E-state index >= 15 is 0 Å². The fourth-order valence-electron chi connectivity index (χ4n) is 1.18. The first-order chi connectivity index (χ1) is 8.99. The van der Waals surface area contributed by atoms with Crippen molar-refractivity contribution in [3.63, 3.8) is 0 Å². The molecule has 0 fully saturated rings. The number of methoxy groups -OCH3 is 1. The second-order valence-electron chi connectivity index (χ2n) is 3.22. The van der Waals surface area contributed by atoms with Gasteiger partial charge in [-0.15, -0.1) is 0 Å². The summed E-state index contributed by atoms with van der Waals surface area (Å²) in [6.45, 7) is 0. The van der Waals surface area contributed by atoms with E-state index in [2.05, 4.69) is 4.99 Å². The van der Waals surface area contributed by atoms with E-state index in [-0.39, 0.29) is 17.1 Å². The van der Waals surface area contributed by atoms with Crippen LogP contribution in [0.25, 0.3) is 0 Å². The first-order valence-corrected chi connectivity index (χ1v) is 4.89. The average molecular weight is 263 g/mol. The maximum absolute atomic E-state index is 10.8. The monoisotopic (exact) mass is 263 g/mol. The molecule has 1 aromatic rings. The van der Waals surface area contributed by atoms with Crippen molar-refractivity contribution in [2.75, 3.05) is 7.11 Å². The van der Waals surface area contributed by atoms with Crippen LogP contribution in [-0.4, -0.2) is 35.2 Å². The lowest BCUT2D eigenvalue weighted by molar-refractivity contribution is -0.385. The molecule has 0 radical (unpaired) electrons. The van der Waals surface area contributed by atoms with Gasteiger partial charge in [0.25, 0.3) is 0 Å². The number of nitro groups is 1. The summed E-state index contributed by atoms with van der Waals surface area (Å²) in [6, 6.07) is 3.91. The molecule has 19 heavy (non-hydrogen) atoms. The van der Waals surface area contributed by atoms with Gasteiger partial charge < -0.3 is 9.84 Å². The highest BCUT2D eigenvalue weighted by Crippen LogP contribution is 2.30. The smallest absolute Gasteiger partial charge is 0.346 e. The molecule has 1 rings (SSSR count). The van der Waals surface area contributed by atoms with Crippen molar-refractivity contribution >= 4 is 29.4 Å². The lowest BCUT2D eigenvalue weighted by Gasteiger charge is -2.01. The average Bonchev–Trinajstić information content (AvgIpc) is 2.38. The van der Waals surface area contributed by atoms with Gasteiger partial charge in [-0.25, -0.2) is 4.79 Å². The van der Waals surface area contributed by atoms with E-state index in [9.17, 15) is 14.9 Å². The number of carbonyl (C=O) groups is 1. The van der Waals surface area contributed by atoms with Gasteiger partial charge in [-0.2, -0.15) is 0 Å².